The maximum absolute atomic E-state index is 12.8. The van der Waals surface area contributed by atoms with Crippen LogP contribution in [0.4, 0.5) is 10.1 Å². The van der Waals surface area contributed by atoms with E-state index >= 15 is 0 Å². The molecule has 0 bridgehead atoms. The fourth-order valence-corrected chi connectivity index (χ4v) is 2.43. The van der Waals surface area contributed by atoms with Gasteiger partial charge in [-0.2, -0.15) is 0 Å². The Morgan fingerprint density at radius 1 is 1.13 bits per heavy atom. The summed E-state index contributed by atoms with van der Waals surface area (Å²) in [6, 6.07) is 9.71. The molecule has 0 saturated carbocycles. The average Bonchev–Trinajstić information content (AvgIpc) is 2.49. The summed E-state index contributed by atoms with van der Waals surface area (Å²) in [5.41, 5.74) is 0.536. The van der Waals surface area contributed by atoms with Crippen molar-refractivity contribution >= 4 is 57.5 Å². The molecule has 0 spiro atoms. The lowest BCUT2D eigenvalue weighted by Crippen LogP contribution is -2.34. The monoisotopic (exact) mass is 444 g/mol. The minimum Gasteiger partial charge on any atom is -0.478 e. The number of nitrogens with one attached hydrogen (secondary N) is 2. The Morgan fingerprint density at radius 3 is 2.39 bits per heavy atom. The second-order valence-electron chi connectivity index (χ2n) is 4.41. The normalized spacial score (nSPS) is 10.0. The number of amides is 1. The average molecular weight is 444 g/mol. The van der Waals surface area contributed by atoms with E-state index in [1.54, 1.807) is 12.1 Å². The smallest absolute Gasteiger partial charge is 0.337 e. The zero-order valence-corrected chi connectivity index (χ0v) is 14.4. The van der Waals surface area contributed by atoms with Gasteiger partial charge in [-0.25, -0.2) is 9.18 Å². The van der Waals surface area contributed by atoms with Crippen molar-refractivity contribution in [2.75, 3.05) is 5.32 Å². The van der Waals surface area contributed by atoms with Crippen molar-refractivity contribution in [1.82, 2.24) is 5.32 Å². The van der Waals surface area contributed by atoms with Crippen LogP contribution in [0.5, 0.6) is 0 Å². The molecule has 23 heavy (non-hydrogen) atoms. The predicted octanol–water partition coefficient (Wildman–Crippen LogP) is 3.26. The van der Waals surface area contributed by atoms with Crippen LogP contribution in [0.3, 0.4) is 0 Å². The minimum atomic E-state index is -1.11. The van der Waals surface area contributed by atoms with Gasteiger partial charge >= 0.3 is 5.97 Å². The molecular weight excluding hydrogens is 434 g/mol. The number of benzene rings is 2. The minimum absolute atomic E-state index is 0.0373. The molecule has 0 unspecified atom stereocenters. The van der Waals surface area contributed by atoms with Crippen LogP contribution >= 0.6 is 34.8 Å². The second kappa shape index (κ2) is 7.47. The summed E-state index contributed by atoms with van der Waals surface area (Å²) in [4.78, 5) is 23.2. The Balaban J connectivity index is 2.09. The molecule has 0 aromatic heterocycles. The number of thiocarbonyl (C=S) groups is 1. The van der Waals surface area contributed by atoms with Gasteiger partial charge in [0, 0.05) is 9.13 Å². The van der Waals surface area contributed by atoms with Crippen LogP contribution in [0.2, 0.25) is 0 Å². The van der Waals surface area contributed by atoms with Crippen molar-refractivity contribution < 1.29 is 19.1 Å². The SMILES string of the molecule is O=C(NC(=S)Nc1ccc(I)cc1C(=O)O)c1ccc(F)cc1. The van der Waals surface area contributed by atoms with E-state index in [9.17, 15) is 19.1 Å². The lowest BCUT2D eigenvalue weighted by molar-refractivity contribution is 0.0697. The number of rotatable bonds is 3. The van der Waals surface area contributed by atoms with Crippen LogP contribution in [0.25, 0.3) is 0 Å². The molecule has 0 aliphatic rings. The first-order chi connectivity index (χ1) is 10.9. The molecule has 118 valence electrons. The lowest BCUT2D eigenvalue weighted by atomic mass is 10.2. The van der Waals surface area contributed by atoms with E-state index in [2.05, 4.69) is 10.6 Å². The molecule has 5 nitrogen and oxygen atoms in total. The van der Waals surface area contributed by atoms with Gasteiger partial charge in [0.1, 0.15) is 5.82 Å². The van der Waals surface area contributed by atoms with Gasteiger partial charge in [0.05, 0.1) is 11.3 Å². The van der Waals surface area contributed by atoms with Crippen molar-refractivity contribution in [3.63, 3.8) is 0 Å². The number of hydrogen-bond acceptors (Lipinski definition) is 3. The van der Waals surface area contributed by atoms with Gasteiger partial charge < -0.3 is 10.4 Å². The maximum Gasteiger partial charge on any atom is 0.337 e. The van der Waals surface area contributed by atoms with Gasteiger partial charge in [-0.05, 0) is 77.3 Å². The fourth-order valence-electron chi connectivity index (χ4n) is 1.73. The van der Waals surface area contributed by atoms with Gasteiger partial charge in [-0.1, -0.05) is 0 Å². The third kappa shape index (κ3) is 4.70. The highest BCUT2D eigenvalue weighted by molar-refractivity contribution is 14.1. The number of halogens is 2. The van der Waals surface area contributed by atoms with Crippen molar-refractivity contribution in [2.24, 2.45) is 0 Å². The van der Waals surface area contributed by atoms with Gasteiger partial charge in [-0.15, -0.1) is 0 Å². The molecule has 0 fully saturated rings. The van der Waals surface area contributed by atoms with Gasteiger partial charge in [0.15, 0.2) is 5.11 Å². The van der Waals surface area contributed by atoms with Crippen LogP contribution in [0, 0.1) is 9.39 Å². The first-order valence-corrected chi connectivity index (χ1v) is 7.76. The number of carboxylic acids is 1. The molecule has 0 atom stereocenters. The maximum atomic E-state index is 12.8. The van der Waals surface area contributed by atoms with E-state index in [0.29, 0.717) is 0 Å². The van der Waals surface area contributed by atoms with Crippen LogP contribution in [-0.4, -0.2) is 22.1 Å². The van der Waals surface area contributed by atoms with Gasteiger partial charge in [0.25, 0.3) is 5.91 Å². The zero-order chi connectivity index (χ0) is 17.0. The van der Waals surface area contributed by atoms with Crippen molar-refractivity contribution in [3.05, 3.63) is 63.0 Å². The Labute approximate surface area is 150 Å². The Bertz CT molecular complexity index is 781. The molecule has 2 rings (SSSR count). The molecule has 2 aromatic carbocycles. The molecular formula is C15H10FIN2O3S. The molecule has 8 heteroatoms. The summed E-state index contributed by atoms with van der Waals surface area (Å²) < 4.78 is 13.6. The van der Waals surface area contributed by atoms with Gasteiger partial charge in [0.2, 0.25) is 0 Å². The predicted molar refractivity (Wildman–Crippen MR) is 96.2 cm³/mol. The first-order valence-electron chi connectivity index (χ1n) is 6.27. The largest absolute Gasteiger partial charge is 0.478 e. The van der Waals surface area contributed by atoms with E-state index in [-0.39, 0.29) is 21.9 Å². The van der Waals surface area contributed by atoms with Gasteiger partial charge in [-0.3, -0.25) is 10.1 Å². The molecule has 0 aliphatic carbocycles. The molecule has 1 amide bonds. The summed E-state index contributed by atoms with van der Waals surface area (Å²) in [5.74, 6) is -2.09. The summed E-state index contributed by atoms with van der Waals surface area (Å²) in [7, 11) is 0. The third-order valence-electron chi connectivity index (χ3n) is 2.79. The van der Waals surface area contributed by atoms with E-state index in [4.69, 9.17) is 12.2 Å². The molecule has 2 aromatic rings. The fraction of sp³-hybridized carbons (Fsp3) is 0. The third-order valence-corrected chi connectivity index (χ3v) is 3.67. The molecule has 0 aliphatic heterocycles. The zero-order valence-electron chi connectivity index (χ0n) is 11.5. The molecule has 3 N–H and O–H groups in total. The Hall–Kier alpha value is -2.07. The van der Waals surface area contributed by atoms with Crippen molar-refractivity contribution in [3.8, 4) is 0 Å². The van der Waals surface area contributed by atoms with E-state index in [1.165, 1.54) is 18.2 Å². The highest BCUT2D eigenvalue weighted by Gasteiger charge is 2.13. The summed E-state index contributed by atoms with van der Waals surface area (Å²) in [6.45, 7) is 0. The second-order valence-corrected chi connectivity index (χ2v) is 6.06. The number of aromatic carboxylic acids is 1. The van der Waals surface area contributed by atoms with Crippen molar-refractivity contribution in [2.45, 2.75) is 0 Å². The quantitative estimate of drug-likeness (QED) is 0.501. The van der Waals surface area contributed by atoms with Crippen LogP contribution < -0.4 is 10.6 Å². The number of anilines is 1. The molecule has 0 saturated heterocycles. The van der Waals surface area contributed by atoms with E-state index in [0.717, 1.165) is 15.7 Å². The Morgan fingerprint density at radius 2 is 1.78 bits per heavy atom. The summed E-state index contributed by atoms with van der Waals surface area (Å²) in [6.07, 6.45) is 0. The highest BCUT2D eigenvalue weighted by Crippen LogP contribution is 2.19. The van der Waals surface area contributed by atoms with E-state index in [1.807, 2.05) is 22.6 Å². The molecule has 0 radical (unpaired) electrons. The van der Waals surface area contributed by atoms with Crippen LogP contribution in [0.1, 0.15) is 20.7 Å². The number of carbonyl (C=O) groups excluding carboxylic acids is 1. The molecule has 0 heterocycles. The number of carbonyl (C=O) groups is 2. The summed E-state index contributed by atoms with van der Waals surface area (Å²) in [5, 5.41) is 14.2. The van der Waals surface area contributed by atoms with Crippen LogP contribution in [0.15, 0.2) is 42.5 Å². The number of carboxylic acid groups (broad SMARTS) is 1. The standard InChI is InChI=1S/C15H10FIN2O3S/c16-9-3-1-8(2-4-9)13(20)19-15(23)18-12-6-5-10(17)7-11(12)14(21)22/h1-7H,(H,21,22)(H2,18,19,20,23). The van der Waals surface area contributed by atoms with Crippen LogP contribution in [-0.2, 0) is 0 Å². The summed E-state index contributed by atoms with van der Waals surface area (Å²) >= 11 is 7.00. The first kappa shape index (κ1) is 17.3. The topological polar surface area (TPSA) is 78.4 Å². The Kier molecular flexibility index (Phi) is 5.61. The van der Waals surface area contributed by atoms with Crippen molar-refractivity contribution in [1.29, 1.82) is 0 Å². The number of hydrogen-bond donors (Lipinski definition) is 3. The lowest BCUT2D eigenvalue weighted by Gasteiger charge is -2.12. The van der Waals surface area contributed by atoms with E-state index < -0.39 is 17.7 Å². The highest BCUT2D eigenvalue weighted by atomic mass is 127.